The summed E-state index contributed by atoms with van der Waals surface area (Å²) >= 11 is 0. The zero-order valence-corrected chi connectivity index (χ0v) is 15.7. The monoisotopic (exact) mass is 392 g/mol. The summed E-state index contributed by atoms with van der Waals surface area (Å²) in [5.74, 6) is -1.22. The molecule has 0 aromatic heterocycles. The SMILES string of the molecule is COc1ccc(S(=O)(=O)NCCNC(=O)c2ccccc2C(=O)O)cc1C. The van der Waals surface area contributed by atoms with Crippen LogP contribution in [0.4, 0.5) is 0 Å². The topological polar surface area (TPSA) is 122 Å². The van der Waals surface area contributed by atoms with Gasteiger partial charge in [0.1, 0.15) is 5.75 Å². The van der Waals surface area contributed by atoms with E-state index in [0.29, 0.717) is 11.3 Å². The number of hydrogen-bond acceptors (Lipinski definition) is 5. The van der Waals surface area contributed by atoms with Crippen LogP contribution >= 0.6 is 0 Å². The molecule has 8 nitrogen and oxygen atoms in total. The first-order valence-corrected chi connectivity index (χ1v) is 9.49. The van der Waals surface area contributed by atoms with Gasteiger partial charge in [-0.3, -0.25) is 4.79 Å². The third kappa shape index (κ3) is 5.05. The summed E-state index contributed by atoms with van der Waals surface area (Å²) in [5, 5.41) is 11.6. The molecule has 0 aliphatic rings. The Bertz CT molecular complexity index is 956. The van der Waals surface area contributed by atoms with E-state index in [0.717, 1.165) is 0 Å². The van der Waals surface area contributed by atoms with Crippen molar-refractivity contribution in [2.75, 3.05) is 20.2 Å². The Morgan fingerprint density at radius 3 is 2.33 bits per heavy atom. The molecule has 0 unspecified atom stereocenters. The number of carboxylic acids is 1. The van der Waals surface area contributed by atoms with Crippen LogP contribution in [0.5, 0.6) is 5.75 Å². The van der Waals surface area contributed by atoms with Gasteiger partial charge in [-0.15, -0.1) is 0 Å². The van der Waals surface area contributed by atoms with Crippen LogP contribution in [0, 0.1) is 6.92 Å². The molecule has 0 atom stereocenters. The van der Waals surface area contributed by atoms with Crippen molar-refractivity contribution in [2.45, 2.75) is 11.8 Å². The van der Waals surface area contributed by atoms with E-state index in [1.165, 1.54) is 37.4 Å². The van der Waals surface area contributed by atoms with Crippen LogP contribution in [0.1, 0.15) is 26.3 Å². The van der Waals surface area contributed by atoms with Crippen LogP contribution < -0.4 is 14.8 Å². The van der Waals surface area contributed by atoms with Crippen molar-refractivity contribution < 1.29 is 27.9 Å². The smallest absolute Gasteiger partial charge is 0.336 e. The molecule has 27 heavy (non-hydrogen) atoms. The summed E-state index contributed by atoms with van der Waals surface area (Å²) in [7, 11) is -2.24. The molecule has 1 amide bonds. The average molecular weight is 392 g/mol. The first-order chi connectivity index (χ1) is 12.8. The number of carbonyl (C=O) groups excluding carboxylic acids is 1. The lowest BCUT2D eigenvalue weighted by Gasteiger charge is -2.11. The van der Waals surface area contributed by atoms with Crippen molar-refractivity contribution in [3.63, 3.8) is 0 Å². The van der Waals surface area contributed by atoms with Gasteiger partial charge in [0.05, 0.1) is 23.1 Å². The third-order valence-electron chi connectivity index (χ3n) is 3.78. The van der Waals surface area contributed by atoms with Gasteiger partial charge < -0.3 is 15.2 Å². The first kappa shape index (κ1) is 20.4. The van der Waals surface area contributed by atoms with E-state index in [-0.39, 0.29) is 29.1 Å². The van der Waals surface area contributed by atoms with Crippen molar-refractivity contribution in [3.8, 4) is 5.75 Å². The molecule has 2 rings (SSSR count). The number of rotatable bonds is 8. The van der Waals surface area contributed by atoms with Crippen LogP contribution in [0.15, 0.2) is 47.4 Å². The van der Waals surface area contributed by atoms with Gasteiger partial charge in [-0.1, -0.05) is 12.1 Å². The second kappa shape index (κ2) is 8.65. The summed E-state index contributed by atoms with van der Waals surface area (Å²) in [6, 6.07) is 10.3. The Balaban J connectivity index is 1.95. The molecule has 0 saturated heterocycles. The predicted octanol–water partition coefficient (Wildman–Crippen LogP) is 1.41. The summed E-state index contributed by atoms with van der Waals surface area (Å²) in [6.07, 6.45) is 0. The Hall–Kier alpha value is -2.91. The number of methoxy groups -OCH3 is 1. The van der Waals surface area contributed by atoms with Crippen molar-refractivity contribution in [1.82, 2.24) is 10.0 Å². The maximum atomic E-state index is 12.3. The van der Waals surface area contributed by atoms with E-state index in [9.17, 15) is 18.0 Å². The highest BCUT2D eigenvalue weighted by molar-refractivity contribution is 7.89. The first-order valence-electron chi connectivity index (χ1n) is 8.01. The van der Waals surface area contributed by atoms with E-state index < -0.39 is 21.9 Å². The van der Waals surface area contributed by atoms with Gasteiger partial charge in [0, 0.05) is 13.1 Å². The fourth-order valence-corrected chi connectivity index (χ4v) is 3.54. The van der Waals surface area contributed by atoms with Crippen LogP contribution in [-0.4, -0.2) is 45.6 Å². The molecule has 0 heterocycles. The number of carboxylic acid groups (broad SMARTS) is 1. The van der Waals surface area contributed by atoms with Crippen molar-refractivity contribution in [1.29, 1.82) is 0 Å². The maximum absolute atomic E-state index is 12.3. The fraction of sp³-hybridized carbons (Fsp3) is 0.222. The molecule has 0 bridgehead atoms. The maximum Gasteiger partial charge on any atom is 0.336 e. The number of ether oxygens (including phenoxy) is 1. The number of carbonyl (C=O) groups is 2. The molecule has 0 fully saturated rings. The second-order valence-corrected chi connectivity index (χ2v) is 7.40. The van der Waals surface area contributed by atoms with E-state index in [1.54, 1.807) is 19.1 Å². The Labute approximate surface area is 157 Å². The number of hydrogen-bond donors (Lipinski definition) is 3. The molecular formula is C18H20N2O6S. The van der Waals surface area contributed by atoms with Gasteiger partial charge in [0.15, 0.2) is 0 Å². The number of benzene rings is 2. The van der Waals surface area contributed by atoms with E-state index in [1.807, 2.05) is 0 Å². The second-order valence-electron chi connectivity index (χ2n) is 5.64. The van der Waals surface area contributed by atoms with Crippen molar-refractivity contribution >= 4 is 21.9 Å². The van der Waals surface area contributed by atoms with Crippen LogP contribution in [0.3, 0.4) is 0 Å². The lowest BCUT2D eigenvalue weighted by Crippen LogP contribution is -2.35. The highest BCUT2D eigenvalue weighted by Gasteiger charge is 2.17. The van der Waals surface area contributed by atoms with Crippen molar-refractivity contribution in [2.24, 2.45) is 0 Å². The highest BCUT2D eigenvalue weighted by atomic mass is 32.2. The number of aryl methyl sites for hydroxylation is 1. The molecule has 3 N–H and O–H groups in total. The summed E-state index contributed by atoms with van der Waals surface area (Å²) in [6.45, 7) is 1.69. The lowest BCUT2D eigenvalue weighted by molar-refractivity contribution is 0.0691. The zero-order chi connectivity index (χ0) is 20.0. The molecular weight excluding hydrogens is 372 g/mol. The molecule has 0 aliphatic carbocycles. The highest BCUT2D eigenvalue weighted by Crippen LogP contribution is 2.21. The minimum atomic E-state index is -3.74. The third-order valence-corrected chi connectivity index (χ3v) is 5.24. The predicted molar refractivity (Wildman–Crippen MR) is 98.7 cm³/mol. The molecule has 144 valence electrons. The summed E-state index contributed by atoms with van der Waals surface area (Å²) in [4.78, 5) is 23.3. The molecule has 0 aliphatic heterocycles. The van der Waals surface area contributed by atoms with E-state index >= 15 is 0 Å². The fourth-order valence-electron chi connectivity index (χ4n) is 2.43. The number of amides is 1. The number of nitrogens with one attached hydrogen (secondary N) is 2. The largest absolute Gasteiger partial charge is 0.496 e. The van der Waals surface area contributed by atoms with Crippen LogP contribution in [-0.2, 0) is 10.0 Å². The quantitative estimate of drug-likeness (QED) is 0.584. The van der Waals surface area contributed by atoms with Crippen LogP contribution in [0.2, 0.25) is 0 Å². The van der Waals surface area contributed by atoms with Gasteiger partial charge in [0.25, 0.3) is 5.91 Å². The standard InChI is InChI=1S/C18H20N2O6S/c1-12-11-13(7-8-16(12)26-2)27(24,25)20-10-9-19-17(21)14-5-3-4-6-15(14)18(22)23/h3-8,11,20H,9-10H2,1-2H3,(H,19,21)(H,22,23). The van der Waals surface area contributed by atoms with Crippen LogP contribution in [0.25, 0.3) is 0 Å². The van der Waals surface area contributed by atoms with E-state index in [2.05, 4.69) is 10.0 Å². The molecule has 0 saturated carbocycles. The molecule has 0 radical (unpaired) electrons. The Kier molecular flexibility index (Phi) is 6.54. The van der Waals surface area contributed by atoms with Crippen molar-refractivity contribution in [3.05, 3.63) is 59.2 Å². The molecule has 9 heteroatoms. The van der Waals surface area contributed by atoms with Gasteiger partial charge in [0.2, 0.25) is 10.0 Å². The lowest BCUT2D eigenvalue weighted by atomic mass is 10.1. The number of sulfonamides is 1. The molecule has 2 aromatic carbocycles. The van der Waals surface area contributed by atoms with Gasteiger partial charge in [-0.2, -0.15) is 0 Å². The zero-order valence-electron chi connectivity index (χ0n) is 14.9. The van der Waals surface area contributed by atoms with Gasteiger partial charge in [-0.25, -0.2) is 17.9 Å². The molecule has 0 spiro atoms. The average Bonchev–Trinajstić information content (AvgIpc) is 2.64. The van der Waals surface area contributed by atoms with Gasteiger partial charge >= 0.3 is 5.97 Å². The Morgan fingerprint density at radius 2 is 1.74 bits per heavy atom. The summed E-state index contributed by atoms with van der Waals surface area (Å²) in [5.41, 5.74) is 0.571. The molecule has 2 aromatic rings. The van der Waals surface area contributed by atoms with E-state index in [4.69, 9.17) is 9.84 Å². The Morgan fingerprint density at radius 1 is 1.07 bits per heavy atom. The normalized spacial score (nSPS) is 11.0. The minimum absolute atomic E-state index is 0.00114. The number of aromatic carboxylic acids is 1. The van der Waals surface area contributed by atoms with Gasteiger partial charge in [-0.05, 0) is 42.8 Å². The minimum Gasteiger partial charge on any atom is -0.496 e. The summed E-state index contributed by atoms with van der Waals surface area (Å²) < 4.78 is 32.1.